The molecule has 0 saturated heterocycles. The molecule has 104 valence electrons. The Morgan fingerprint density at radius 3 is 2.47 bits per heavy atom. The lowest BCUT2D eigenvalue weighted by Gasteiger charge is -2.15. The van der Waals surface area contributed by atoms with Crippen molar-refractivity contribution in [1.29, 1.82) is 0 Å². The first-order valence-electron chi connectivity index (χ1n) is 5.99. The van der Waals surface area contributed by atoms with E-state index < -0.39 is 12.0 Å². The molecule has 0 fully saturated rings. The van der Waals surface area contributed by atoms with Crippen LogP contribution in [0.4, 0.5) is 10.5 Å². The van der Waals surface area contributed by atoms with E-state index >= 15 is 0 Å². The molecule has 0 heterocycles. The maximum absolute atomic E-state index is 11.6. The summed E-state index contributed by atoms with van der Waals surface area (Å²) in [5.74, 6) is -0.320. The number of aliphatic carboxylic acids is 1. The van der Waals surface area contributed by atoms with Crippen LogP contribution < -0.4 is 10.1 Å². The molecule has 0 atom stereocenters. The minimum atomic E-state index is -1.05. The molecular formula is C13H18N2O4. The van der Waals surface area contributed by atoms with E-state index in [0.717, 1.165) is 17.1 Å². The first kappa shape index (κ1) is 14.8. The number of anilines is 1. The third kappa shape index (κ3) is 5.29. The topological polar surface area (TPSA) is 78.9 Å². The van der Waals surface area contributed by atoms with E-state index in [4.69, 9.17) is 9.84 Å². The fourth-order valence-electron chi connectivity index (χ4n) is 1.35. The summed E-state index contributed by atoms with van der Waals surface area (Å²) in [4.78, 5) is 23.2. The number of urea groups is 1. The molecule has 1 rings (SSSR count). The van der Waals surface area contributed by atoms with Crippen LogP contribution in [0.15, 0.2) is 24.3 Å². The number of hydrogen-bond donors (Lipinski definition) is 2. The van der Waals surface area contributed by atoms with Gasteiger partial charge in [0, 0.05) is 12.7 Å². The van der Waals surface area contributed by atoms with Gasteiger partial charge in [-0.05, 0) is 30.7 Å². The highest BCUT2D eigenvalue weighted by atomic mass is 16.5. The van der Waals surface area contributed by atoms with Crippen molar-refractivity contribution in [2.24, 2.45) is 0 Å². The van der Waals surface area contributed by atoms with E-state index in [1.54, 1.807) is 24.3 Å². The number of carbonyl (C=O) groups is 2. The summed E-state index contributed by atoms with van der Waals surface area (Å²) in [7, 11) is 1.42. The molecular weight excluding hydrogens is 248 g/mol. The molecule has 6 nitrogen and oxygen atoms in total. The Bertz CT molecular complexity index is 431. The van der Waals surface area contributed by atoms with Gasteiger partial charge in [0.1, 0.15) is 12.3 Å². The number of amides is 2. The Hall–Kier alpha value is -2.24. The summed E-state index contributed by atoms with van der Waals surface area (Å²) in [5.41, 5.74) is 0.589. The average Bonchev–Trinajstić information content (AvgIpc) is 2.37. The SMILES string of the molecule is CCCOc1ccc(NC(=O)N(C)CC(=O)O)cc1. The van der Waals surface area contributed by atoms with E-state index in [2.05, 4.69) is 5.32 Å². The van der Waals surface area contributed by atoms with E-state index in [1.165, 1.54) is 7.05 Å². The van der Waals surface area contributed by atoms with E-state index in [0.29, 0.717) is 12.3 Å². The number of rotatable bonds is 6. The van der Waals surface area contributed by atoms with Gasteiger partial charge >= 0.3 is 12.0 Å². The van der Waals surface area contributed by atoms with E-state index in [1.807, 2.05) is 6.92 Å². The quantitative estimate of drug-likeness (QED) is 0.825. The van der Waals surface area contributed by atoms with Gasteiger partial charge in [0.25, 0.3) is 0 Å². The number of likely N-dealkylation sites (N-methyl/N-ethyl adjacent to an activating group) is 1. The number of ether oxygens (including phenoxy) is 1. The lowest BCUT2D eigenvalue weighted by atomic mass is 10.3. The summed E-state index contributed by atoms with van der Waals surface area (Å²) in [5, 5.41) is 11.2. The molecule has 0 unspecified atom stereocenters. The number of carboxylic acids is 1. The van der Waals surface area contributed by atoms with Gasteiger partial charge in [-0.15, -0.1) is 0 Å². The van der Waals surface area contributed by atoms with Gasteiger partial charge in [-0.3, -0.25) is 4.79 Å². The van der Waals surface area contributed by atoms with Crippen molar-refractivity contribution in [3.63, 3.8) is 0 Å². The van der Waals surface area contributed by atoms with E-state index in [-0.39, 0.29) is 6.54 Å². The van der Waals surface area contributed by atoms with Gasteiger partial charge in [0.15, 0.2) is 0 Å². The second-order valence-corrected chi connectivity index (χ2v) is 4.05. The van der Waals surface area contributed by atoms with Crippen LogP contribution in [0.5, 0.6) is 5.75 Å². The number of nitrogens with one attached hydrogen (secondary N) is 1. The zero-order valence-corrected chi connectivity index (χ0v) is 11.0. The molecule has 19 heavy (non-hydrogen) atoms. The van der Waals surface area contributed by atoms with Crippen LogP contribution in [-0.4, -0.2) is 42.2 Å². The summed E-state index contributed by atoms with van der Waals surface area (Å²) in [6.07, 6.45) is 0.929. The maximum Gasteiger partial charge on any atom is 0.323 e. The van der Waals surface area contributed by atoms with Crippen molar-refractivity contribution in [2.45, 2.75) is 13.3 Å². The van der Waals surface area contributed by atoms with Crippen molar-refractivity contribution in [1.82, 2.24) is 4.90 Å². The van der Waals surface area contributed by atoms with Gasteiger partial charge in [0.05, 0.1) is 6.61 Å². The summed E-state index contributed by atoms with van der Waals surface area (Å²) in [6, 6.07) is 6.45. The monoisotopic (exact) mass is 266 g/mol. The summed E-state index contributed by atoms with van der Waals surface area (Å²) >= 11 is 0. The number of hydrogen-bond acceptors (Lipinski definition) is 3. The Morgan fingerprint density at radius 1 is 1.32 bits per heavy atom. The van der Waals surface area contributed by atoms with Gasteiger partial charge in [0.2, 0.25) is 0 Å². The van der Waals surface area contributed by atoms with E-state index in [9.17, 15) is 9.59 Å². The molecule has 1 aromatic rings. The predicted molar refractivity (Wildman–Crippen MR) is 71.5 cm³/mol. The van der Waals surface area contributed by atoms with Crippen LogP contribution in [0, 0.1) is 0 Å². The highest BCUT2D eigenvalue weighted by Crippen LogP contribution is 2.16. The van der Waals surface area contributed by atoms with Crippen LogP contribution in [0.1, 0.15) is 13.3 Å². The van der Waals surface area contributed by atoms with Crippen LogP contribution in [-0.2, 0) is 4.79 Å². The van der Waals surface area contributed by atoms with Crippen molar-refractivity contribution < 1.29 is 19.4 Å². The van der Waals surface area contributed by atoms with Crippen LogP contribution in [0.3, 0.4) is 0 Å². The predicted octanol–water partition coefficient (Wildman–Crippen LogP) is 2.02. The second-order valence-electron chi connectivity index (χ2n) is 4.05. The normalized spacial score (nSPS) is 9.79. The number of benzene rings is 1. The lowest BCUT2D eigenvalue weighted by Crippen LogP contribution is -2.35. The molecule has 0 spiro atoms. The molecule has 6 heteroatoms. The first-order valence-corrected chi connectivity index (χ1v) is 5.99. The third-order valence-electron chi connectivity index (χ3n) is 2.30. The highest BCUT2D eigenvalue weighted by molar-refractivity contribution is 5.91. The molecule has 0 aliphatic rings. The molecule has 2 amide bonds. The fraction of sp³-hybridized carbons (Fsp3) is 0.385. The van der Waals surface area contributed by atoms with Gasteiger partial charge in [-0.1, -0.05) is 6.92 Å². The number of carbonyl (C=O) groups excluding carboxylic acids is 1. The van der Waals surface area contributed by atoms with Gasteiger partial charge < -0.3 is 20.1 Å². The summed E-state index contributed by atoms with van der Waals surface area (Å²) in [6.45, 7) is 2.32. The Labute approximate surface area is 112 Å². The smallest absolute Gasteiger partial charge is 0.323 e. The standard InChI is InChI=1S/C13H18N2O4/c1-3-8-19-11-6-4-10(5-7-11)14-13(18)15(2)9-12(16)17/h4-7H,3,8-9H2,1-2H3,(H,14,18)(H,16,17). The molecule has 1 aromatic carbocycles. The third-order valence-corrected chi connectivity index (χ3v) is 2.30. The molecule has 0 aliphatic carbocycles. The fourth-order valence-corrected chi connectivity index (χ4v) is 1.35. The average molecular weight is 266 g/mol. The Kier molecular flexibility index (Phi) is 5.66. The van der Waals surface area contributed by atoms with Crippen molar-refractivity contribution in [2.75, 3.05) is 25.5 Å². The summed E-state index contributed by atoms with van der Waals surface area (Å²) < 4.78 is 5.41. The molecule has 0 aliphatic heterocycles. The highest BCUT2D eigenvalue weighted by Gasteiger charge is 2.11. The van der Waals surface area contributed by atoms with Crippen molar-refractivity contribution in [3.05, 3.63) is 24.3 Å². The number of nitrogens with zero attached hydrogens (tertiary/aromatic N) is 1. The largest absolute Gasteiger partial charge is 0.494 e. The van der Waals surface area contributed by atoms with Crippen LogP contribution in [0.2, 0.25) is 0 Å². The molecule has 0 radical (unpaired) electrons. The van der Waals surface area contributed by atoms with Crippen LogP contribution in [0.25, 0.3) is 0 Å². The number of carboxylic acid groups (broad SMARTS) is 1. The van der Waals surface area contributed by atoms with Crippen molar-refractivity contribution in [3.8, 4) is 5.75 Å². The molecule has 0 bridgehead atoms. The lowest BCUT2D eigenvalue weighted by molar-refractivity contribution is -0.137. The van der Waals surface area contributed by atoms with Crippen molar-refractivity contribution >= 4 is 17.7 Å². The van der Waals surface area contributed by atoms with Crippen LogP contribution >= 0.6 is 0 Å². The minimum absolute atomic E-state index is 0.344. The zero-order chi connectivity index (χ0) is 14.3. The molecule has 2 N–H and O–H groups in total. The Morgan fingerprint density at radius 2 is 1.95 bits per heavy atom. The first-order chi connectivity index (χ1) is 9.02. The minimum Gasteiger partial charge on any atom is -0.494 e. The zero-order valence-electron chi connectivity index (χ0n) is 11.0. The molecule has 0 aromatic heterocycles. The maximum atomic E-state index is 11.6. The second kappa shape index (κ2) is 7.25. The molecule has 0 saturated carbocycles. The Balaban J connectivity index is 2.52. The van der Waals surface area contributed by atoms with Gasteiger partial charge in [-0.25, -0.2) is 4.79 Å². The van der Waals surface area contributed by atoms with Gasteiger partial charge in [-0.2, -0.15) is 0 Å².